The van der Waals surface area contributed by atoms with Gasteiger partial charge in [0.15, 0.2) is 0 Å². The number of methoxy groups -OCH3 is 1. The van der Waals surface area contributed by atoms with Crippen molar-refractivity contribution in [3.8, 4) is 0 Å². The van der Waals surface area contributed by atoms with Crippen molar-refractivity contribution in [3.63, 3.8) is 0 Å². The highest BCUT2D eigenvalue weighted by atomic mass is 16.6. The van der Waals surface area contributed by atoms with Gasteiger partial charge >= 0.3 is 5.97 Å². The average molecular weight is 702 g/mol. The Bertz CT molecular complexity index is 1550. The zero-order chi connectivity index (χ0) is 36.7. The van der Waals surface area contributed by atoms with Crippen LogP contribution in [0.15, 0.2) is 86.0 Å². The summed E-state index contributed by atoms with van der Waals surface area (Å²) in [5.41, 5.74) is 0.236. The summed E-state index contributed by atoms with van der Waals surface area (Å²) >= 11 is 0. The first-order valence-electron chi connectivity index (χ1n) is 17.8. The van der Waals surface area contributed by atoms with Gasteiger partial charge in [-0.25, -0.2) is 0 Å². The Morgan fingerprint density at radius 2 is 1.78 bits per heavy atom. The fourth-order valence-corrected chi connectivity index (χ4v) is 8.15. The molecule has 0 aliphatic carbocycles. The number of rotatable bonds is 18. The van der Waals surface area contributed by atoms with Crippen LogP contribution in [-0.2, 0) is 39.8 Å². The molecule has 2 aromatic carbocycles. The number of aliphatic hydroxyl groups is 1. The molecular formula is C40H51N3O8. The summed E-state index contributed by atoms with van der Waals surface area (Å²) in [5.74, 6) is -3.66. The summed E-state index contributed by atoms with van der Waals surface area (Å²) in [7, 11) is 1.50. The number of likely N-dealkylation sites (tertiary alicyclic amines) is 1. The van der Waals surface area contributed by atoms with Crippen molar-refractivity contribution in [1.82, 2.24) is 15.1 Å². The lowest BCUT2D eigenvalue weighted by Crippen LogP contribution is -2.60. The zero-order valence-electron chi connectivity index (χ0n) is 29.8. The highest BCUT2D eigenvalue weighted by Crippen LogP contribution is 2.59. The van der Waals surface area contributed by atoms with Crippen LogP contribution in [0.4, 0.5) is 0 Å². The van der Waals surface area contributed by atoms with Crippen molar-refractivity contribution >= 4 is 23.7 Å². The van der Waals surface area contributed by atoms with Gasteiger partial charge in [0.25, 0.3) is 0 Å². The number of amides is 3. The van der Waals surface area contributed by atoms with E-state index in [1.807, 2.05) is 74.5 Å². The van der Waals surface area contributed by atoms with Crippen LogP contribution in [0, 0.1) is 11.8 Å². The van der Waals surface area contributed by atoms with Gasteiger partial charge in [-0.3, -0.25) is 19.2 Å². The third-order valence-corrected chi connectivity index (χ3v) is 10.4. The first-order valence-corrected chi connectivity index (χ1v) is 17.8. The third-order valence-electron chi connectivity index (χ3n) is 10.4. The van der Waals surface area contributed by atoms with Gasteiger partial charge in [-0.15, -0.1) is 13.2 Å². The van der Waals surface area contributed by atoms with E-state index in [0.29, 0.717) is 31.2 Å². The monoisotopic (exact) mass is 701 g/mol. The lowest BCUT2D eigenvalue weighted by molar-refractivity contribution is -0.163. The summed E-state index contributed by atoms with van der Waals surface area (Å²) in [5, 5.41) is 13.7. The molecular weight excluding hydrogens is 650 g/mol. The molecule has 2 N–H and O–H groups in total. The number of carbonyl (C=O) groups is 4. The van der Waals surface area contributed by atoms with Crippen LogP contribution < -0.4 is 5.32 Å². The summed E-state index contributed by atoms with van der Waals surface area (Å²) < 4.78 is 18.5. The number of allylic oxidation sites excluding steroid dienone is 1. The van der Waals surface area contributed by atoms with Crippen molar-refractivity contribution in [2.75, 3.05) is 26.9 Å². The first-order chi connectivity index (χ1) is 24.6. The van der Waals surface area contributed by atoms with Gasteiger partial charge in [-0.05, 0) is 50.7 Å². The molecule has 3 aliphatic rings. The lowest BCUT2D eigenvalue weighted by Gasteiger charge is -2.40. The summed E-state index contributed by atoms with van der Waals surface area (Å²) in [6, 6.07) is 15.8. The fraction of sp³-hybridized carbons (Fsp3) is 0.500. The van der Waals surface area contributed by atoms with Gasteiger partial charge in [0, 0.05) is 26.1 Å². The first kappa shape index (κ1) is 37.9. The third kappa shape index (κ3) is 7.66. The van der Waals surface area contributed by atoms with E-state index in [1.165, 1.54) is 12.0 Å². The van der Waals surface area contributed by atoms with Gasteiger partial charge in [0.2, 0.25) is 17.7 Å². The van der Waals surface area contributed by atoms with Crippen LogP contribution in [0.25, 0.3) is 0 Å². The van der Waals surface area contributed by atoms with Gasteiger partial charge in [0.1, 0.15) is 17.7 Å². The van der Waals surface area contributed by atoms with E-state index in [2.05, 4.69) is 18.5 Å². The molecule has 0 radical (unpaired) electrons. The van der Waals surface area contributed by atoms with Crippen LogP contribution >= 0.6 is 0 Å². The van der Waals surface area contributed by atoms with Crippen molar-refractivity contribution < 1.29 is 38.5 Å². The highest BCUT2D eigenvalue weighted by molar-refractivity contribution is 5.98. The lowest BCUT2D eigenvalue weighted by atomic mass is 9.70. The molecule has 8 atom stereocenters. The van der Waals surface area contributed by atoms with Crippen LogP contribution in [0.5, 0.6) is 0 Å². The summed E-state index contributed by atoms with van der Waals surface area (Å²) in [6.45, 7) is 11.3. The van der Waals surface area contributed by atoms with Crippen molar-refractivity contribution in [2.24, 2.45) is 11.8 Å². The number of esters is 1. The predicted molar refractivity (Wildman–Crippen MR) is 191 cm³/mol. The molecule has 11 nitrogen and oxygen atoms in total. The molecule has 2 aromatic rings. The van der Waals surface area contributed by atoms with E-state index < -0.39 is 66.3 Å². The molecule has 5 rings (SSSR count). The molecule has 274 valence electrons. The maximum absolute atomic E-state index is 14.8. The van der Waals surface area contributed by atoms with Crippen molar-refractivity contribution in [1.29, 1.82) is 0 Å². The summed E-state index contributed by atoms with van der Waals surface area (Å²) in [4.78, 5) is 60.0. The minimum atomic E-state index is -1.30. The van der Waals surface area contributed by atoms with Crippen LogP contribution in [-0.4, -0.2) is 101 Å². The molecule has 0 aromatic heterocycles. The average Bonchev–Trinajstić information content (AvgIpc) is 3.78. The number of benzene rings is 2. The Morgan fingerprint density at radius 1 is 1.10 bits per heavy atom. The molecule has 11 heteroatoms. The number of hydrogen-bond donors (Lipinski definition) is 2. The maximum Gasteiger partial charge on any atom is 0.313 e. The molecule has 2 bridgehead atoms. The van der Waals surface area contributed by atoms with E-state index in [0.717, 1.165) is 5.56 Å². The topological polar surface area (TPSA) is 135 Å². The Hall–Kier alpha value is -4.32. The second kappa shape index (κ2) is 16.8. The second-order valence-electron chi connectivity index (χ2n) is 13.9. The standard InChI is InChI=1S/C40H51N3O8/c1-6-8-19-32(45)41-30(25-49-5)35(28-17-13-10-14-18-28)50-39(48)33-31-20-21-40(51-31)34(33)37(46)43(29(24-44)23-27-15-11-9-12-16-27)36(40)38(47)42(22-7-2)26(3)4/h6-7,9-18,26,29-31,33-36,44H,1-2,8,19-25H2,3-5H3,(H,41,45)/t29-,30-,31-,33+,34+,35-,36-,40+/m1/s1. The molecule has 1 spiro atoms. The molecule has 0 unspecified atom stereocenters. The minimum absolute atomic E-state index is 0.0555. The van der Waals surface area contributed by atoms with Crippen LogP contribution in [0.1, 0.15) is 56.8 Å². The summed E-state index contributed by atoms with van der Waals surface area (Å²) in [6.07, 6.45) is 3.52. The minimum Gasteiger partial charge on any atom is -0.455 e. The van der Waals surface area contributed by atoms with Gasteiger partial charge in [0.05, 0.1) is 43.2 Å². The molecule has 51 heavy (non-hydrogen) atoms. The SMILES string of the molecule is C=CCCC(=O)N[C@H](COC)[C@H](OC(=O)[C@@H]1[C@H]2C(=O)N([C@@H](CO)Cc3ccccc3)[C@H](C(=O)N(CC=C)C(C)C)[C@]23CC[C@H]1O3)c1ccccc1. The molecule has 3 amide bonds. The smallest absolute Gasteiger partial charge is 0.313 e. The van der Waals surface area contributed by atoms with Gasteiger partial charge < -0.3 is 34.4 Å². The number of nitrogens with zero attached hydrogens (tertiary/aromatic N) is 2. The highest BCUT2D eigenvalue weighted by Gasteiger charge is 2.75. The van der Waals surface area contributed by atoms with E-state index in [-0.39, 0.29) is 37.4 Å². The fourth-order valence-electron chi connectivity index (χ4n) is 8.15. The van der Waals surface area contributed by atoms with Crippen molar-refractivity contribution in [2.45, 2.75) is 87.9 Å². The van der Waals surface area contributed by atoms with E-state index in [1.54, 1.807) is 17.1 Å². The van der Waals surface area contributed by atoms with Gasteiger partial charge in [-0.1, -0.05) is 72.8 Å². The largest absolute Gasteiger partial charge is 0.455 e. The number of ether oxygens (including phenoxy) is 3. The number of hydrogen-bond acceptors (Lipinski definition) is 8. The predicted octanol–water partition coefficient (Wildman–Crippen LogP) is 3.77. The zero-order valence-corrected chi connectivity index (χ0v) is 29.8. The number of carbonyl (C=O) groups excluding carboxylic acids is 4. The Morgan fingerprint density at radius 3 is 2.39 bits per heavy atom. The molecule has 3 aliphatic heterocycles. The number of nitrogens with one attached hydrogen (secondary N) is 1. The van der Waals surface area contributed by atoms with E-state index in [4.69, 9.17) is 14.2 Å². The quantitative estimate of drug-likeness (QED) is 0.177. The van der Waals surface area contributed by atoms with Crippen LogP contribution in [0.3, 0.4) is 0 Å². The Balaban J connectivity index is 1.52. The number of fused-ring (bicyclic) bond motifs is 1. The second-order valence-corrected chi connectivity index (χ2v) is 13.9. The molecule has 3 fully saturated rings. The number of aliphatic hydroxyl groups excluding tert-OH is 1. The van der Waals surface area contributed by atoms with E-state index >= 15 is 0 Å². The maximum atomic E-state index is 14.8. The molecule has 3 saturated heterocycles. The van der Waals surface area contributed by atoms with E-state index in [9.17, 15) is 24.3 Å². The molecule has 0 saturated carbocycles. The van der Waals surface area contributed by atoms with Crippen molar-refractivity contribution in [3.05, 3.63) is 97.1 Å². The molecule has 3 heterocycles. The Labute approximate surface area is 300 Å². The normalized spacial score (nSPS) is 25.2. The van der Waals surface area contributed by atoms with Gasteiger partial charge in [-0.2, -0.15) is 0 Å². The van der Waals surface area contributed by atoms with Crippen LogP contribution in [0.2, 0.25) is 0 Å². The Kier molecular flexibility index (Phi) is 12.5.